The van der Waals surface area contributed by atoms with Crippen LogP contribution in [0.4, 0.5) is 0 Å². The summed E-state index contributed by atoms with van der Waals surface area (Å²) in [4.78, 5) is 18.5. The number of carbonyl (C=O) groups is 1. The lowest BCUT2D eigenvalue weighted by molar-refractivity contribution is -0.121. The molecule has 1 amide bonds. The number of amides is 1. The second kappa shape index (κ2) is 6.96. The highest BCUT2D eigenvalue weighted by molar-refractivity contribution is 6.32. The summed E-state index contributed by atoms with van der Waals surface area (Å²) in [7, 11) is 1.57. The van der Waals surface area contributed by atoms with Crippen LogP contribution in [0.15, 0.2) is 30.7 Å². The molecular weight excluding hydrogens is 278 g/mol. The first-order valence-electron chi connectivity index (χ1n) is 6.25. The molecule has 0 saturated carbocycles. The average Bonchev–Trinajstić information content (AvgIpc) is 2.96. The van der Waals surface area contributed by atoms with Crippen molar-refractivity contribution in [1.29, 1.82) is 0 Å². The van der Waals surface area contributed by atoms with Crippen LogP contribution in [0, 0.1) is 0 Å². The number of aromatic nitrogens is 2. The lowest BCUT2D eigenvalue weighted by atomic mass is 10.1. The van der Waals surface area contributed by atoms with Crippen LogP contribution in [-0.4, -0.2) is 23.0 Å². The van der Waals surface area contributed by atoms with Crippen molar-refractivity contribution in [1.82, 2.24) is 15.3 Å². The summed E-state index contributed by atoms with van der Waals surface area (Å²) in [5.41, 5.74) is 1.89. The molecule has 6 heteroatoms. The van der Waals surface area contributed by atoms with Crippen molar-refractivity contribution in [2.24, 2.45) is 0 Å². The van der Waals surface area contributed by atoms with Gasteiger partial charge in [-0.2, -0.15) is 0 Å². The second-order valence-electron chi connectivity index (χ2n) is 4.32. The largest absolute Gasteiger partial charge is 0.495 e. The molecule has 2 rings (SSSR count). The van der Waals surface area contributed by atoms with Gasteiger partial charge in [0.05, 0.1) is 30.7 Å². The highest BCUT2D eigenvalue weighted by Crippen LogP contribution is 2.25. The molecular formula is C14H16ClN3O2. The normalized spacial score (nSPS) is 10.3. The lowest BCUT2D eigenvalue weighted by Crippen LogP contribution is -2.23. The Balaban J connectivity index is 1.79. The first-order valence-corrected chi connectivity index (χ1v) is 6.63. The highest BCUT2D eigenvalue weighted by Gasteiger charge is 2.05. The van der Waals surface area contributed by atoms with E-state index in [2.05, 4.69) is 15.3 Å². The molecule has 1 aromatic heterocycles. The fourth-order valence-corrected chi connectivity index (χ4v) is 2.07. The molecule has 0 fully saturated rings. The smallest absolute Gasteiger partial charge is 0.220 e. The number of aryl methyl sites for hydroxylation is 1. The number of benzene rings is 1. The number of nitrogens with one attached hydrogen (secondary N) is 2. The maximum atomic E-state index is 11.7. The number of carbonyl (C=O) groups excluding carboxylic acids is 1. The second-order valence-corrected chi connectivity index (χ2v) is 4.73. The number of H-pyrrole nitrogens is 1. The molecule has 0 bridgehead atoms. The molecule has 0 radical (unpaired) electrons. The Morgan fingerprint density at radius 1 is 1.50 bits per heavy atom. The van der Waals surface area contributed by atoms with Crippen molar-refractivity contribution in [2.75, 3.05) is 7.11 Å². The van der Waals surface area contributed by atoms with Crippen molar-refractivity contribution in [2.45, 2.75) is 19.4 Å². The van der Waals surface area contributed by atoms with Crippen LogP contribution in [0.2, 0.25) is 5.02 Å². The average molecular weight is 294 g/mol. The quantitative estimate of drug-likeness (QED) is 0.859. The summed E-state index contributed by atoms with van der Waals surface area (Å²) in [6.07, 6.45) is 4.32. The summed E-state index contributed by atoms with van der Waals surface area (Å²) in [5, 5.41) is 3.38. The summed E-state index contributed by atoms with van der Waals surface area (Å²) in [6.45, 7) is 0.461. The number of hydrogen-bond acceptors (Lipinski definition) is 3. The topological polar surface area (TPSA) is 67.0 Å². The number of hydrogen-bond donors (Lipinski definition) is 2. The van der Waals surface area contributed by atoms with Gasteiger partial charge < -0.3 is 15.0 Å². The fourth-order valence-electron chi connectivity index (χ4n) is 1.79. The van der Waals surface area contributed by atoms with Crippen LogP contribution in [0.25, 0.3) is 0 Å². The van der Waals surface area contributed by atoms with E-state index in [1.807, 2.05) is 12.1 Å². The Bertz CT molecular complexity index is 570. The molecule has 0 aliphatic carbocycles. The number of aromatic amines is 1. The maximum Gasteiger partial charge on any atom is 0.220 e. The number of halogens is 1. The molecule has 0 spiro atoms. The van der Waals surface area contributed by atoms with Crippen molar-refractivity contribution in [3.05, 3.63) is 47.0 Å². The molecule has 0 unspecified atom stereocenters. The van der Waals surface area contributed by atoms with Gasteiger partial charge in [0.15, 0.2) is 0 Å². The van der Waals surface area contributed by atoms with Crippen LogP contribution in [-0.2, 0) is 17.8 Å². The summed E-state index contributed by atoms with van der Waals surface area (Å²) < 4.78 is 5.08. The molecule has 0 atom stereocenters. The summed E-state index contributed by atoms with van der Waals surface area (Å²) >= 11 is 6.04. The summed E-state index contributed by atoms with van der Waals surface area (Å²) in [5.74, 6) is 0.630. The Morgan fingerprint density at radius 3 is 3.00 bits per heavy atom. The van der Waals surface area contributed by atoms with Crippen LogP contribution in [0.1, 0.15) is 17.7 Å². The van der Waals surface area contributed by atoms with Gasteiger partial charge in [-0.05, 0) is 24.1 Å². The number of rotatable bonds is 6. The van der Waals surface area contributed by atoms with Gasteiger partial charge in [0.2, 0.25) is 5.91 Å². The van der Waals surface area contributed by atoms with E-state index >= 15 is 0 Å². The molecule has 0 aliphatic rings. The molecule has 1 aromatic carbocycles. The first kappa shape index (κ1) is 14.4. The Hall–Kier alpha value is -2.01. The predicted molar refractivity (Wildman–Crippen MR) is 76.8 cm³/mol. The molecule has 1 heterocycles. The van der Waals surface area contributed by atoms with Gasteiger partial charge in [-0.25, -0.2) is 4.98 Å². The molecule has 2 aromatic rings. The predicted octanol–water partition coefficient (Wildman–Crippen LogP) is 2.32. The van der Waals surface area contributed by atoms with Crippen LogP contribution in [0.5, 0.6) is 5.75 Å². The van der Waals surface area contributed by atoms with E-state index in [0.717, 1.165) is 11.3 Å². The number of ether oxygens (including phenoxy) is 1. The third kappa shape index (κ3) is 3.99. The maximum absolute atomic E-state index is 11.7. The third-order valence-corrected chi connectivity index (χ3v) is 3.18. The van der Waals surface area contributed by atoms with Crippen molar-refractivity contribution < 1.29 is 9.53 Å². The number of imidazole rings is 1. The standard InChI is InChI=1S/C14H16ClN3O2/c1-20-13-4-2-10(6-12(13)15)3-5-14(19)17-8-11-7-16-9-18-11/h2,4,6-7,9H,3,5,8H2,1H3,(H,16,18)(H,17,19). The monoisotopic (exact) mass is 293 g/mol. The van der Waals surface area contributed by atoms with Gasteiger partial charge in [0, 0.05) is 12.6 Å². The van der Waals surface area contributed by atoms with E-state index in [9.17, 15) is 4.79 Å². The van der Waals surface area contributed by atoms with E-state index in [0.29, 0.717) is 30.2 Å². The van der Waals surface area contributed by atoms with Crippen molar-refractivity contribution in [3.8, 4) is 5.75 Å². The molecule has 2 N–H and O–H groups in total. The zero-order chi connectivity index (χ0) is 14.4. The van der Waals surface area contributed by atoms with E-state index in [1.54, 1.807) is 25.7 Å². The minimum atomic E-state index is -0.00783. The van der Waals surface area contributed by atoms with Gasteiger partial charge in [-0.15, -0.1) is 0 Å². The molecule has 5 nitrogen and oxygen atoms in total. The Kier molecular flexibility index (Phi) is 5.01. The Labute approximate surface area is 122 Å². The van der Waals surface area contributed by atoms with Crippen LogP contribution >= 0.6 is 11.6 Å². The zero-order valence-corrected chi connectivity index (χ0v) is 11.9. The molecule has 20 heavy (non-hydrogen) atoms. The minimum absolute atomic E-state index is 0.00783. The van der Waals surface area contributed by atoms with E-state index in [4.69, 9.17) is 16.3 Å². The third-order valence-electron chi connectivity index (χ3n) is 2.89. The molecule has 106 valence electrons. The highest BCUT2D eigenvalue weighted by atomic mass is 35.5. The fraction of sp³-hybridized carbons (Fsp3) is 0.286. The zero-order valence-electron chi connectivity index (χ0n) is 11.1. The van der Waals surface area contributed by atoms with Gasteiger partial charge in [-0.3, -0.25) is 4.79 Å². The molecule has 0 saturated heterocycles. The number of nitrogens with zero attached hydrogens (tertiary/aromatic N) is 1. The lowest BCUT2D eigenvalue weighted by Gasteiger charge is -2.06. The van der Waals surface area contributed by atoms with Gasteiger partial charge >= 0.3 is 0 Å². The van der Waals surface area contributed by atoms with Crippen molar-refractivity contribution in [3.63, 3.8) is 0 Å². The minimum Gasteiger partial charge on any atom is -0.495 e. The van der Waals surface area contributed by atoms with E-state index in [-0.39, 0.29) is 5.91 Å². The van der Waals surface area contributed by atoms with E-state index < -0.39 is 0 Å². The Morgan fingerprint density at radius 2 is 2.35 bits per heavy atom. The SMILES string of the molecule is COc1ccc(CCC(=O)NCc2cnc[nH]2)cc1Cl. The van der Waals surface area contributed by atoms with E-state index in [1.165, 1.54) is 0 Å². The van der Waals surface area contributed by atoms with Crippen LogP contribution in [0.3, 0.4) is 0 Å². The van der Waals surface area contributed by atoms with Crippen molar-refractivity contribution >= 4 is 17.5 Å². The summed E-state index contributed by atoms with van der Waals surface area (Å²) in [6, 6.07) is 5.54. The van der Waals surface area contributed by atoms with Gasteiger partial charge in [0.1, 0.15) is 5.75 Å². The molecule has 0 aliphatic heterocycles. The van der Waals surface area contributed by atoms with Crippen LogP contribution < -0.4 is 10.1 Å². The first-order chi connectivity index (χ1) is 9.69. The number of methoxy groups -OCH3 is 1. The van der Waals surface area contributed by atoms with Gasteiger partial charge in [-0.1, -0.05) is 17.7 Å². The van der Waals surface area contributed by atoms with Gasteiger partial charge in [0.25, 0.3) is 0 Å².